The second-order valence-electron chi connectivity index (χ2n) is 5.26. The smallest absolute Gasteiger partial charge is 0.158 e. The second-order valence-corrected chi connectivity index (χ2v) is 5.26. The molecule has 0 fully saturated rings. The number of benzene rings is 1. The van der Waals surface area contributed by atoms with E-state index in [1.165, 1.54) is 11.4 Å². The maximum absolute atomic E-state index is 4.73. The molecule has 2 aromatic rings. The van der Waals surface area contributed by atoms with Crippen molar-refractivity contribution in [3.63, 3.8) is 0 Å². The molecule has 19 heavy (non-hydrogen) atoms. The van der Waals surface area contributed by atoms with Crippen LogP contribution in [0.2, 0.25) is 0 Å². The lowest BCUT2D eigenvalue weighted by atomic mass is 10.2. The highest BCUT2D eigenvalue weighted by atomic mass is 15.4. The molecule has 2 heterocycles. The van der Waals surface area contributed by atoms with Crippen molar-refractivity contribution < 1.29 is 0 Å². The summed E-state index contributed by atoms with van der Waals surface area (Å²) in [6.07, 6.45) is 0. The Bertz CT molecular complexity index is 578. The van der Waals surface area contributed by atoms with Gasteiger partial charge in [-0.2, -0.15) is 0 Å². The summed E-state index contributed by atoms with van der Waals surface area (Å²) in [5, 5.41) is 0. The highest BCUT2D eigenvalue weighted by Gasteiger charge is 2.29. The monoisotopic (exact) mass is 253 g/mol. The van der Waals surface area contributed by atoms with Crippen molar-refractivity contribution in [2.75, 3.05) is 16.5 Å². The fraction of sp³-hybridized carbons (Fsp3) is 0.312. The van der Waals surface area contributed by atoms with Crippen LogP contribution in [0.3, 0.4) is 0 Å². The van der Waals surface area contributed by atoms with Crippen LogP contribution >= 0.6 is 0 Å². The summed E-state index contributed by atoms with van der Waals surface area (Å²) in [6.45, 7) is 7.35. The number of hydrogen-bond donors (Lipinski definition) is 0. The fourth-order valence-corrected chi connectivity index (χ4v) is 2.51. The number of aromatic nitrogens is 1. The highest BCUT2D eigenvalue weighted by molar-refractivity contribution is 5.79. The number of aryl methyl sites for hydroxylation is 1. The quantitative estimate of drug-likeness (QED) is 0.813. The van der Waals surface area contributed by atoms with E-state index in [0.29, 0.717) is 6.04 Å². The molecule has 1 aliphatic rings. The fourth-order valence-electron chi connectivity index (χ4n) is 2.51. The minimum absolute atomic E-state index is 0.469. The Morgan fingerprint density at radius 2 is 1.79 bits per heavy atom. The molecular formula is C16H19N3. The summed E-state index contributed by atoms with van der Waals surface area (Å²) in [7, 11) is 0. The molecule has 3 rings (SSSR count). The average molecular weight is 253 g/mol. The number of anilines is 3. The van der Waals surface area contributed by atoms with Gasteiger partial charge in [0, 0.05) is 17.4 Å². The Labute approximate surface area is 114 Å². The molecule has 0 radical (unpaired) electrons. The largest absolute Gasteiger partial charge is 0.348 e. The summed E-state index contributed by atoms with van der Waals surface area (Å²) < 4.78 is 0. The van der Waals surface area contributed by atoms with Crippen LogP contribution in [0, 0.1) is 6.92 Å². The van der Waals surface area contributed by atoms with Crippen molar-refractivity contribution in [1.82, 2.24) is 4.98 Å². The van der Waals surface area contributed by atoms with Gasteiger partial charge in [-0.3, -0.25) is 0 Å². The van der Waals surface area contributed by atoms with Crippen LogP contribution in [0.5, 0.6) is 0 Å². The number of para-hydroxylation sites is 1. The highest BCUT2D eigenvalue weighted by Crippen LogP contribution is 2.39. The molecule has 3 nitrogen and oxygen atoms in total. The molecule has 0 atom stereocenters. The first-order valence-corrected chi connectivity index (χ1v) is 6.73. The first kappa shape index (κ1) is 12.0. The van der Waals surface area contributed by atoms with Gasteiger partial charge in [-0.05, 0) is 45.0 Å². The molecule has 1 aliphatic heterocycles. The third-order valence-corrected chi connectivity index (χ3v) is 3.54. The van der Waals surface area contributed by atoms with Gasteiger partial charge in [0.05, 0.1) is 12.4 Å². The van der Waals surface area contributed by atoms with Crippen molar-refractivity contribution in [3.05, 3.63) is 48.2 Å². The molecule has 1 aromatic carbocycles. The van der Waals surface area contributed by atoms with Crippen molar-refractivity contribution in [3.8, 4) is 0 Å². The van der Waals surface area contributed by atoms with Crippen LogP contribution in [0.1, 0.15) is 19.5 Å². The lowest BCUT2D eigenvalue weighted by Crippen LogP contribution is -2.33. The SMILES string of the molecule is Cc1ccc2c(n1)N(c1ccccc1)CN2C(C)C. The van der Waals surface area contributed by atoms with Crippen molar-refractivity contribution in [2.24, 2.45) is 0 Å². The molecular weight excluding hydrogens is 234 g/mol. The van der Waals surface area contributed by atoms with Crippen LogP contribution in [0.25, 0.3) is 0 Å². The molecule has 0 saturated heterocycles. The number of pyridine rings is 1. The normalized spacial score (nSPS) is 14.1. The molecule has 98 valence electrons. The molecule has 0 aliphatic carbocycles. The van der Waals surface area contributed by atoms with Gasteiger partial charge in [0.2, 0.25) is 0 Å². The number of nitrogens with zero attached hydrogens (tertiary/aromatic N) is 3. The molecule has 0 N–H and O–H groups in total. The van der Waals surface area contributed by atoms with Gasteiger partial charge in [0.1, 0.15) is 0 Å². The van der Waals surface area contributed by atoms with Crippen molar-refractivity contribution in [2.45, 2.75) is 26.8 Å². The zero-order chi connectivity index (χ0) is 13.4. The molecule has 0 saturated carbocycles. The predicted octanol–water partition coefficient (Wildman–Crippen LogP) is 3.71. The van der Waals surface area contributed by atoms with Gasteiger partial charge < -0.3 is 9.80 Å². The van der Waals surface area contributed by atoms with E-state index >= 15 is 0 Å². The zero-order valence-electron chi connectivity index (χ0n) is 11.7. The summed E-state index contributed by atoms with van der Waals surface area (Å²) >= 11 is 0. The average Bonchev–Trinajstić information content (AvgIpc) is 2.78. The van der Waals surface area contributed by atoms with Crippen molar-refractivity contribution in [1.29, 1.82) is 0 Å². The van der Waals surface area contributed by atoms with Gasteiger partial charge in [-0.15, -0.1) is 0 Å². The minimum atomic E-state index is 0.469. The topological polar surface area (TPSA) is 19.4 Å². The van der Waals surface area contributed by atoms with E-state index in [0.717, 1.165) is 18.2 Å². The summed E-state index contributed by atoms with van der Waals surface area (Å²) in [4.78, 5) is 9.39. The van der Waals surface area contributed by atoms with Crippen LogP contribution in [0.15, 0.2) is 42.5 Å². The Balaban J connectivity index is 2.08. The van der Waals surface area contributed by atoms with E-state index in [-0.39, 0.29) is 0 Å². The third kappa shape index (κ3) is 2.05. The lowest BCUT2D eigenvalue weighted by Gasteiger charge is -2.24. The molecule has 3 heteroatoms. The van der Waals surface area contributed by atoms with Gasteiger partial charge in [-0.25, -0.2) is 4.98 Å². The predicted molar refractivity (Wildman–Crippen MR) is 80.0 cm³/mol. The molecule has 0 unspecified atom stereocenters. The van der Waals surface area contributed by atoms with Crippen molar-refractivity contribution >= 4 is 17.2 Å². The van der Waals surface area contributed by atoms with Gasteiger partial charge in [-0.1, -0.05) is 18.2 Å². The molecule has 0 amide bonds. The molecule has 1 aromatic heterocycles. The van der Waals surface area contributed by atoms with Crippen LogP contribution in [-0.4, -0.2) is 17.7 Å². The lowest BCUT2D eigenvalue weighted by molar-refractivity contribution is 0.709. The van der Waals surface area contributed by atoms with Crippen LogP contribution < -0.4 is 9.80 Å². The summed E-state index contributed by atoms with van der Waals surface area (Å²) in [5.74, 6) is 1.07. The van der Waals surface area contributed by atoms with Gasteiger partial charge in [0.25, 0.3) is 0 Å². The minimum Gasteiger partial charge on any atom is -0.348 e. The third-order valence-electron chi connectivity index (χ3n) is 3.54. The molecule has 0 spiro atoms. The van der Waals surface area contributed by atoms with Crippen LogP contribution in [0.4, 0.5) is 17.2 Å². The number of hydrogen-bond acceptors (Lipinski definition) is 3. The maximum Gasteiger partial charge on any atom is 0.158 e. The first-order chi connectivity index (χ1) is 9.16. The maximum atomic E-state index is 4.73. The first-order valence-electron chi connectivity index (χ1n) is 6.73. The van der Waals surface area contributed by atoms with E-state index in [1.54, 1.807) is 0 Å². The standard InChI is InChI=1S/C16H19N3/c1-12(2)18-11-19(14-7-5-4-6-8-14)16-15(18)10-9-13(3)17-16/h4-10,12H,11H2,1-3H3. The molecule has 0 bridgehead atoms. The number of fused-ring (bicyclic) bond motifs is 1. The second kappa shape index (κ2) is 4.57. The van der Waals surface area contributed by atoms with Gasteiger partial charge >= 0.3 is 0 Å². The van der Waals surface area contributed by atoms with E-state index in [1.807, 2.05) is 13.0 Å². The Morgan fingerprint density at radius 3 is 2.47 bits per heavy atom. The van der Waals surface area contributed by atoms with E-state index in [2.05, 4.69) is 60.0 Å². The zero-order valence-corrected chi connectivity index (χ0v) is 11.7. The van der Waals surface area contributed by atoms with E-state index in [4.69, 9.17) is 4.98 Å². The Kier molecular flexibility index (Phi) is 2.90. The Morgan fingerprint density at radius 1 is 1.05 bits per heavy atom. The van der Waals surface area contributed by atoms with E-state index in [9.17, 15) is 0 Å². The summed E-state index contributed by atoms with van der Waals surface area (Å²) in [6, 6.07) is 15.2. The summed E-state index contributed by atoms with van der Waals surface area (Å²) in [5.41, 5.74) is 3.49. The number of rotatable bonds is 2. The Hall–Kier alpha value is -2.03. The van der Waals surface area contributed by atoms with Crippen LogP contribution in [-0.2, 0) is 0 Å². The van der Waals surface area contributed by atoms with E-state index < -0.39 is 0 Å². The van der Waals surface area contributed by atoms with Gasteiger partial charge in [0.15, 0.2) is 5.82 Å².